The zero-order valence-corrected chi connectivity index (χ0v) is 14.9. The quantitative estimate of drug-likeness (QED) is 0.903. The van der Waals surface area contributed by atoms with Crippen LogP contribution in [-0.4, -0.2) is 24.9 Å². The van der Waals surface area contributed by atoms with E-state index in [4.69, 9.17) is 0 Å². The molecule has 1 unspecified atom stereocenters. The third kappa shape index (κ3) is 2.59. The van der Waals surface area contributed by atoms with E-state index < -0.39 is 11.2 Å². The van der Waals surface area contributed by atoms with Gasteiger partial charge in [0.25, 0.3) is 0 Å². The molecule has 0 saturated heterocycles. The molecule has 1 N–H and O–H groups in total. The number of carbonyl (C=O) groups excluding carboxylic acids is 2. The molecule has 2 amide bonds. The van der Waals surface area contributed by atoms with Crippen molar-refractivity contribution in [3.8, 4) is 0 Å². The Morgan fingerprint density at radius 2 is 1.85 bits per heavy atom. The monoisotopic (exact) mass is 352 g/mol. The lowest BCUT2D eigenvalue weighted by molar-refractivity contribution is -0.131. The molecule has 0 aromatic heterocycles. The van der Waals surface area contributed by atoms with Gasteiger partial charge in [-0.05, 0) is 54.7 Å². The van der Waals surface area contributed by atoms with E-state index in [-0.39, 0.29) is 24.3 Å². The van der Waals surface area contributed by atoms with Gasteiger partial charge in [0.2, 0.25) is 11.8 Å². The SMILES string of the molecule is CN1C(=O)CC(C)(C(=O)NC2Cc3ccccc3C2)c2cc(F)ccc21. The molecule has 1 aliphatic heterocycles. The predicted molar refractivity (Wildman–Crippen MR) is 97.6 cm³/mol. The highest BCUT2D eigenvalue weighted by atomic mass is 19.1. The summed E-state index contributed by atoms with van der Waals surface area (Å²) in [6, 6.07) is 12.4. The summed E-state index contributed by atoms with van der Waals surface area (Å²) in [7, 11) is 1.66. The van der Waals surface area contributed by atoms with E-state index in [2.05, 4.69) is 17.4 Å². The Bertz CT molecular complexity index is 886. The molecule has 4 nitrogen and oxygen atoms in total. The number of anilines is 1. The fourth-order valence-corrected chi connectivity index (χ4v) is 4.10. The van der Waals surface area contributed by atoms with Gasteiger partial charge >= 0.3 is 0 Å². The normalized spacial score (nSPS) is 22.1. The molecule has 5 heteroatoms. The molecule has 134 valence electrons. The Hall–Kier alpha value is -2.69. The van der Waals surface area contributed by atoms with Gasteiger partial charge in [0, 0.05) is 25.2 Å². The highest BCUT2D eigenvalue weighted by molar-refractivity contribution is 6.04. The molecule has 2 aromatic rings. The van der Waals surface area contributed by atoms with Crippen molar-refractivity contribution in [2.45, 2.75) is 37.6 Å². The number of carbonyl (C=O) groups is 2. The van der Waals surface area contributed by atoms with Crippen molar-refractivity contribution in [1.82, 2.24) is 5.32 Å². The number of hydrogen-bond acceptors (Lipinski definition) is 2. The van der Waals surface area contributed by atoms with Crippen LogP contribution in [0.3, 0.4) is 0 Å². The first kappa shape index (κ1) is 16.8. The van der Waals surface area contributed by atoms with Crippen LogP contribution in [0.2, 0.25) is 0 Å². The molecule has 0 fully saturated rings. The third-order valence-corrected chi connectivity index (χ3v) is 5.68. The molecule has 0 saturated carbocycles. The lowest BCUT2D eigenvalue weighted by Gasteiger charge is -2.38. The van der Waals surface area contributed by atoms with E-state index in [1.165, 1.54) is 28.2 Å². The first-order valence-corrected chi connectivity index (χ1v) is 8.83. The minimum absolute atomic E-state index is 0.00323. The number of rotatable bonds is 2. The van der Waals surface area contributed by atoms with Crippen molar-refractivity contribution in [2.75, 3.05) is 11.9 Å². The Balaban J connectivity index is 1.63. The molecule has 0 bridgehead atoms. The molecule has 26 heavy (non-hydrogen) atoms. The molecule has 1 heterocycles. The second kappa shape index (κ2) is 5.94. The van der Waals surface area contributed by atoms with Crippen LogP contribution < -0.4 is 10.2 Å². The Kier molecular flexibility index (Phi) is 3.83. The summed E-state index contributed by atoms with van der Waals surface area (Å²) in [6.07, 6.45) is 1.59. The van der Waals surface area contributed by atoms with Gasteiger partial charge < -0.3 is 10.2 Å². The Morgan fingerprint density at radius 1 is 1.19 bits per heavy atom. The van der Waals surface area contributed by atoms with Crippen LogP contribution in [0.4, 0.5) is 10.1 Å². The summed E-state index contributed by atoms with van der Waals surface area (Å²) in [5, 5.41) is 3.10. The molecule has 0 radical (unpaired) electrons. The molecule has 2 aromatic carbocycles. The van der Waals surface area contributed by atoms with Crippen LogP contribution in [0.5, 0.6) is 0 Å². The van der Waals surface area contributed by atoms with E-state index in [1.807, 2.05) is 12.1 Å². The molecular weight excluding hydrogens is 331 g/mol. The van der Waals surface area contributed by atoms with Crippen LogP contribution in [0.15, 0.2) is 42.5 Å². The van der Waals surface area contributed by atoms with Crippen LogP contribution in [0, 0.1) is 5.82 Å². The van der Waals surface area contributed by atoms with Crippen LogP contribution >= 0.6 is 0 Å². The molecule has 2 aliphatic rings. The molecular formula is C21H21FN2O2. The summed E-state index contributed by atoms with van der Waals surface area (Å²) in [4.78, 5) is 27.1. The number of nitrogens with zero attached hydrogens (tertiary/aromatic N) is 1. The number of halogens is 1. The average Bonchev–Trinajstić information content (AvgIpc) is 3.02. The summed E-state index contributed by atoms with van der Waals surface area (Å²) >= 11 is 0. The topological polar surface area (TPSA) is 49.4 Å². The van der Waals surface area contributed by atoms with E-state index >= 15 is 0 Å². The highest BCUT2D eigenvalue weighted by Crippen LogP contribution is 2.40. The number of amides is 2. The molecule has 1 aliphatic carbocycles. The number of nitrogens with one attached hydrogen (secondary N) is 1. The first-order chi connectivity index (χ1) is 12.4. The fraction of sp³-hybridized carbons (Fsp3) is 0.333. The zero-order chi connectivity index (χ0) is 18.5. The Labute approximate surface area is 152 Å². The van der Waals surface area contributed by atoms with Gasteiger partial charge in [-0.1, -0.05) is 24.3 Å². The standard InChI is InChI=1S/C21H21FN2O2/c1-21(12-19(25)24(2)18-8-7-15(22)11-17(18)21)20(26)23-16-9-13-5-3-4-6-14(13)10-16/h3-8,11,16H,9-10,12H2,1-2H3,(H,23,26). The fourth-order valence-electron chi connectivity index (χ4n) is 4.10. The minimum atomic E-state index is -1.07. The van der Waals surface area contributed by atoms with Crippen LogP contribution in [0.25, 0.3) is 0 Å². The van der Waals surface area contributed by atoms with Gasteiger partial charge in [-0.2, -0.15) is 0 Å². The lowest BCUT2D eigenvalue weighted by atomic mass is 9.74. The van der Waals surface area contributed by atoms with E-state index in [9.17, 15) is 14.0 Å². The summed E-state index contributed by atoms with van der Waals surface area (Å²) in [5.41, 5.74) is 2.57. The van der Waals surface area contributed by atoms with Gasteiger partial charge in [-0.3, -0.25) is 9.59 Å². The van der Waals surface area contributed by atoms with Gasteiger partial charge in [0.05, 0.1) is 5.41 Å². The van der Waals surface area contributed by atoms with Crippen molar-refractivity contribution in [2.24, 2.45) is 0 Å². The smallest absolute Gasteiger partial charge is 0.231 e. The van der Waals surface area contributed by atoms with Crippen LogP contribution in [-0.2, 0) is 27.8 Å². The third-order valence-electron chi connectivity index (χ3n) is 5.68. The second-order valence-corrected chi connectivity index (χ2v) is 7.47. The van der Waals surface area contributed by atoms with E-state index in [0.717, 1.165) is 12.8 Å². The van der Waals surface area contributed by atoms with Gasteiger partial charge in [0.1, 0.15) is 5.82 Å². The predicted octanol–water partition coefficient (Wildman–Crippen LogP) is 2.73. The number of fused-ring (bicyclic) bond motifs is 2. The van der Waals surface area contributed by atoms with E-state index in [1.54, 1.807) is 20.0 Å². The number of hydrogen-bond donors (Lipinski definition) is 1. The Morgan fingerprint density at radius 3 is 2.50 bits per heavy atom. The van der Waals surface area contributed by atoms with Crippen molar-refractivity contribution >= 4 is 17.5 Å². The van der Waals surface area contributed by atoms with Crippen molar-refractivity contribution < 1.29 is 14.0 Å². The highest BCUT2D eigenvalue weighted by Gasteiger charge is 2.45. The average molecular weight is 352 g/mol. The van der Waals surface area contributed by atoms with Crippen molar-refractivity contribution in [3.05, 3.63) is 65.0 Å². The summed E-state index contributed by atoms with van der Waals surface area (Å²) in [5.74, 6) is -0.765. The molecule has 0 spiro atoms. The van der Waals surface area contributed by atoms with Crippen LogP contribution in [0.1, 0.15) is 30.0 Å². The molecule has 4 rings (SSSR count). The lowest BCUT2D eigenvalue weighted by Crippen LogP contribution is -2.52. The maximum Gasteiger partial charge on any atom is 0.231 e. The summed E-state index contributed by atoms with van der Waals surface area (Å²) in [6.45, 7) is 1.73. The van der Waals surface area contributed by atoms with Gasteiger partial charge in [0.15, 0.2) is 0 Å². The van der Waals surface area contributed by atoms with E-state index in [0.29, 0.717) is 11.3 Å². The minimum Gasteiger partial charge on any atom is -0.352 e. The largest absolute Gasteiger partial charge is 0.352 e. The number of benzene rings is 2. The zero-order valence-electron chi connectivity index (χ0n) is 14.9. The molecule has 1 atom stereocenters. The maximum atomic E-state index is 13.9. The second-order valence-electron chi connectivity index (χ2n) is 7.47. The van der Waals surface area contributed by atoms with Gasteiger partial charge in [-0.25, -0.2) is 4.39 Å². The first-order valence-electron chi connectivity index (χ1n) is 8.83. The van der Waals surface area contributed by atoms with Crippen molar-refractivity contribution in [3.63, 3.8) is 0 Å². The van der Waals surface area contributed by atoms with Gasteiger partial charge in [-0.15, -0.1) is 0 Å². The summed E-state index contributed by atoms with van der Waals surface area (Å²) < 4.78 is 13.9. The maximum absolute atomic E-state index is 13.9. The van der Waals surface area contributed by atoms with Crippen molar-refractivity contribution in [1.29, 1.82) is 0 Å².